The average Bonchev–Trinajstić information content (AvgIpc) is 2.16. The molecule has 4 nitrogen and oxygen atoms in total. The number of nitrogen functional groups attached to an aromatic ring is 1. The Labute approximate surface area is 95.3 Å². The van der Waals surface area contributed by atoms with E-state index in [1.165, 1.54) is 0 Å². The summed E-state index contributed by atoms with van der Waals surface area (Å²) in [6.45, 7) is 5.90. The molecule has 0 aromatic heterocycles. The molecule has 0 heterocycles. The smallest absolute Gasteiger partial charge is 0.344 e. The van der Waals surface area contributed by atoms with Gasteiger partial charge in [0.2, 0.25) is 0 Å². The van der Waals surface area contributed by atoms with Crippen LogP contribution in [0.2, 0.25) is 0 Å². The Morgan fingerprint density at radius 2 is 2.12 bits per heavy atom. The van der Waals surface area contributed by atoms with Crippen LogP contribution in [0.25, 0.3) is 0 Å². The van der Waals surface area contributed by atoms with Crippen LogP contribution in [-0.4, -0.2) is 18.7 Å². The Bertz CT molecular complexity index is 375. The fraction of sp³-hybridized carbons (Fsp3) is 0.417. The second kappa shape index (κ2) is 5.39. The van der Waals surface area contributed by atoms with Gasteiger partial charge in [-0.05, 0) is 32.9 Å². The molecule has 4 heteroatoms. The molecule has 1 aromatic rings. The van der Waals surface area contributed by atoms with Crippen molar-refractivity contribution < 1.29 is 14.3 Å². The van der Waals surface area contributed by atoms with Gasteiger partial charge >= 0.3 is 5.97 Å². The Morgan fingerprint density at radius 1 is 1.44 bits per heavy atom. The van der Waals surface area contributed by atoms with Gasteiger partial charge in [0.25, 0.3) is 0 Å². The van der Waals surface area contributed by atoms with Crippen molar-refractivity contribution >= 4 is 11.7 Å². The zero-order valence-electron chi connectivity index (χ0n) is 9.82. The predicted octanol–water partition coefficient (Wildman–Crippen LogP) is 2.23. The minimum Gasteiger partial charge on any atom is -0.493 e. The van der Waals surface area contributed by atoms with Crippen LogP contribution in [-0.2, 0) is 4.74 Å². The van der Waals surface area contributed by atoms with Crippen LogP contribution in [0, 0.1) is 0 Å². The van der Waals surface area contributed by atoms with Crippen LogP contribution < -0.4 is 10.5 Å². The van der Waals surface area contributed by atoms with Crippen molar-refractivity contribution in [3.05, 3.63) is 23.8 Å². The van der Waals surface area contributed by atoms with Crippen molar-refractivity contribution in [2.75, 3.05) is 12.3 Å². The molecule has 0 atom stereocenters. The Morgan fingerprint density at radius 3 is 2.69 bits per heavy atom. The van der Waals surface area contributed by atoms with E-state index in [4.69, 9.17) is 15.2 Å². The van der Waals surface area contributed by atoms with E-state index in [9.17, 15) is 4.79 Å². The molecule has 2 N–H and O–H groups in total. The van der Waals surface area contributed by atoms with Crippen molar-refractivity contribution in [2.24, 2.45) is 0 Å². The third-order valence-electron chi connectivity index (χ3n) is 1.91. The van der Waals surface area contributed by atoms with Crippen LogP contribution in [0.15, 0.2) is 18.2 Å². The monoisotopic (exact) mass is 223 g/mol. The largest absolute Gasteiger partial charge is 0.493 e. The first-order valence-corrected chi connectivity index (χ1v) is 5.28. The molecule has 0 aliphatic rings. The van der Waals surface area contributed by atoms with Crippen molar-refractivity contribution in [1.82, 2.24) is 0 Å². The summed E-state index contributed by atoms with van der Waals surface area (Å²) in [6.07, 6.45) is -0.179. The molecule has 0 unspecified atom stereocenters. The fourth-order valence-electron chi connectivity index (χ4n) is 1.32. The molecule has 0 amide bonds. The highest BCUT2D eigenvalue weighted by atomic mass is 16.5. The van der Waals surface area contributed by atoms with Crippen LogP contribution in [0.3, 0.4) is 0 Å². The lowest BCUT2D eigenvalue weighted by molar-refractivity contribution is 0.0375. The van der Waals surface area contributed by atoms with Gasteiger partial charge < -0.3 is 15.2 Å². The first kappa shape index (κ1) is 12.4. The van der Waals surface area contributed by atoms with E-state index in [1.807, 2.05) is 6.92 Å². The van der Waals surface area contributed by atoms with E-state index in [0.717, 1.165) is 0 Å². The summed E-state index contributed by atoms with van der Waals surface area (Å²) < 4.78 is 10.4. The molecule has 0 saturated heterocycles. The minimum absolute atomic E-state index is 0.179. The highest BCUT2D eigenvalue weighted by Gasteiger charge is 2.18. The van der Waals surface area contributed by atoms with Crippen LogP contribution in [0.1, 0.15) is 31.1 Å². The molecule has 88 valence electrons. The SMILES string of the molecule is CCOc1cccc(N)c1C(=O)OC(C)C. The van der Waals surface area contributed by atoms with Gasteiger partial charge in [-0.25, -0.2) is 4.79 Å². The number of carbonyl (C=O) groups is 1. The third kappa shape index (κ3) is 2.89. The quantitative estimate of drug-likeness (QED) is 0.628. The van der Waals surface area contributed by atoms with Gasteiger partial charge in [0.15, 0.2) is 0 Å². The van der Waals surface area contributed by atoms with Gasteiger partial charge in [0.1, 0.15) is 11.3 Å². The fourth-order valence-corrected chi connectivity index (χ4v) is 1.32. The molecule has 0 aliphatic heterocycles. The molecule has 0 saturated carbocycles. The molecule has 1 aromatic carbocycles. The summed E-state index contributed by atoms with van der Waals surface area (Å²) in [7, 11) is 0. The number of benzene rings is 1. The lowest BCUT2D eigenvalue weighted by Gasteiger charge is -2.13. The molecular formula is C12H17NO3. The summed E-state index contributed by atoms with van der Waals surface area (Å²) in [5.74, 6) is 0.0182. The molecule has 0 radical (unpaired) electrons. The molecule has 0 spiro atoms. The number of anilines is 1. The summed E-state index contributed by atoms with van der Waals surface area (Å²) in [5.41, 5.74) is 6.42. The van der Waals surface area contributed by atoms with E-state index in [-0.39, 0.29) is 6.10 Å². The topological polar surface area (TPSA) is 61.5 Å². The highest BCUT2D eigenvalue weighted by Crippen LogP contribution is 2.25. The molecule has 0 aliphatic carbocycles. The number of hydrogen-bond acceptors (Lipinski definition) is 4. The second-order valence-corrected chi connectivity index (χ2v) is 3.61. The van der Waals surface area contributed by atoms with Gasteiger partial charge in [-0.2, -0.15) is 0 Å². The molecule has 0 bridgehead atoms. The van der Waals surface area contributed by atoms with Crippen LogP contribution >= 0.6 is 0 Å². The van der Waals surface area contributed by atoms with Crippen molar-refractivity contribution in [3.8, 4) is 5.75 Å². The zero-order chi connectivity index (χ0) is 12.1. The van der Waals surface area contributed by atoms with Gasteiger partial charge in [-0.1, -0.05) is 6.07 Å². The van der Waals surface area contributed by atoms with Crippen LogP contribution in [0.4, 0.5) is 5.69 Å². The average molecular weight is 223 g/mol. The van der Waals surface area contributed by atoms with Gasteiger partial charge in [-0.15, -0.1) is 0 Å². The van der Waals surface area contributed by atoms with Crippen molar-refractivity contribution in [2.45, 2.75) is 26.9 Å². The lowest BCUT2D eigenvalue weighted by Crippen LogP contribution is -2.15. The number of hydrogen-bond donors (Lipinski definition) is 1. The van der Waals surface area contributed by atoms with Gasteiger partial charge in [0.05, 0.1) is 12.7 Å². The first-order chi connectivity index (χ1) is 7.56. The lowest BCUT2D eigenvalue weighted by atomic mass is 10.1. The number of ether oxygens (including phenoxy) is 2. The maximum atomic E-state index is 11.8. The minimum atomic E-state index is -0.448. The van der Waals surface area contributed by atoms with Gasteiger partial charge in [0, 0.05) is 5.69 Å². The van der Waals surface area contributed by atoms with E-state index in [1.54, 1.807) is 32.0 Å². The molecule has 1 rings (SSSR count). The van der Waals surface area contributed by atoms with E-state index in [0.29, 0.717) is 23.6 Å². The number of esters is 1. The summed E-state index contributed by atoms with van der Waals surface area (Å²) in [4.78, 5) is 11.8. The number of carbonyl (C=O) groups excluding carboxylic acids is 1. The molecular weight excluding hydrogens is 206 g/mol. The third-order valence-corrected chi connectivity index (χ3v) is 1.91. The van der Waals surface area contributed by atoms with Crippen molar-refractivity contribution in [1.29, 1.82) is 0 Å². The Balaban J connectivity index is 3.04. The molecule has 0 fully saturated rings. The maximum Gasteiger partial charge on any atom is 0.344 e. The van der Waals surface area contributed by atoms with Crippen molar-refractivity contribution in [3.63, 3.8) is 0 Å². The van der Waals surface area contributed by atoms with E-state index < -0.39 is 5.97 Å². The standard InChI is InChI=1S/C12H17NO3/c1-4-15-10-7-5-6-9(13)11(10)12(14)16-8(2)3/h5-8H,4,13H2,1-3H3. The number of nitrogens with two attached hydrogens (primary N) is 1. The second-order valence-electron chi connectivity index (χ2n) is 3.61. The van der Waals surface area contributed by atoms with Gasteiger partial charge in [-0.3, -0.25) is 0 Å². The summed E-state index contributed by atoms with van der Waals surface area (Å²) in [5, 5.41) is 0. The highest BCUT2D eigenvalue weighted by molar-refractivity contribution is 5.98. The Kier molecular flexibility index (Phi) is 4.17. The summed E-state index contributed by atoms with van der Waals surface area (Å²) in [6, 6.07) is 5.10. The zero-order valence-corrected chi connectivity index (χ0v) is 9.82. The number of rotatable bonds is 4. The molecule has 16 heavy (non-hydrogen) atoms. The first-order valence-electron chi connectivity index (χ1n) is 5.28. The van der Waals surface area contributed by atoms with E-state index >= 15 is 0 Å². The summed E-state index contributed by atoms with van der Waals surface area (Å²) >= 11 is 0. The maximum absolute atomic E-state index is 11.8. The van der Waals surface area contributed by atoms with E-state index in [2.05, 4.69) is 0 Å². The normalized spacial score (nSPS) is 10.2. The van der Waals surface area contributed by atoms with Crippen LogP contribution in [0.5, 0.6) is 5.75 Å². The Hall–Kier alpha value is -1.71. The predicted molar refractivity (Wildman–Crippen MR) is 62.6 cm³/mol.